The largest absolute Gasteiger partial charge is 0.485 e. The van der Waals surface area contributed by atoms with Crippen molar-refractivity contribution in [1.29, 1.82) is 0 Å². The lowest BCUT2D eigenvalue weighted by Gasteiger charge is -2.09. The van der Waals surface area contributed by atoms with E-state index in [0.717, 1.165) is 11.3 Å². The zero-order valence-corrected chi connectivity index (χ0v) is 10.3. The van der Waals surface area contributed by atoms with E-state index in [1.165, 1.54) is 5.56 Å². The number of alkyl halides is 1. The van der Waals surface area contributed by atoms with Crippen LogP contribution < -0.4 is 4.74 Å². The van der Waals surface area contributed by atoms with E-state index in [4.69, 9.17) is 16.3 Å². The molecule has 3 nitrogen and oxygen atoms in total. The fourth-order valence-electron chi connectivity index (χ4n) is 1.50. The average molecular weight is 249 g/mol. The van der Waals surface area contributed by atoms with Crippen LogP contribution in [0.4, 0.5) is 0 Å². The molecule has 1 aromatic heterocycles. The van der Waals surface area contributed by atoms with E-state index in [-0.39, 0.29) is 0 Å². The van der Waals surface area contributed by atoms with Crippen LogP contribution in [0.2, 0.25) is 0 Å². The van der Waals surface area contributed by atoms with Crippen LogP contribution in [0.3, 0.4) is 0 Å². The Bertz CT molecular complexity index is 488. The molecule has 0 unspecified atom stereocenters. The van der Waals surface area contributed by atoms with Crippen LogP contribution in [-0.2, 0) is 12.5 Å². The molecule has 1 aromatic carbocycles. The van der Waals surface area contributed by atoms with Crippen molar-refractivity contribution in [3.8, 4) is 5.75 Å². The average Bonchev–Trinajstić information content (AvgIpc) is 2.38. The lowest BCUT2D eigenvalue weighted by atomic mass is 10.1. The Hall–Kier alpha value is -1.61. The molecule has 0 atom stereocenters. The first-order valence-corrected chi connectivity index (χ1v) is 5.87. The van der Waals surface area contributed by atoms with Gasteiger partial charge >= 0.3 is 0 Å². The van der Waals surface area contributed by atoms with E-state index in [0.29, 0.717) is 18.3 Å². The van der Waals surface area contributed by atoms with Crippen molar-refractivity contribution >= 4 is 11.6 Å². The van der Waals surface area contributed by atoms with Crippen molar-refractivity contribution in [1.82, 2.24) is 9.97 Å². The third kappa shape index (κ3) is 3.17. The Morgan fingerprint density at radius 2 is 2.00 bits per heavy atom. The SMILES string of the molecule is Cc1ccc(OCc2ncccn2)c(CCl)c1. The Balaban J connectivity index is 2.09. The number of aromatic nitrogens is 2. The highest BCUT2D eigenvalue weighted by Gasteiger charge is 2.04. The topological polar surface area (TPSA) is 35.0 Å². The zero-order chi connectivity index (χ0) is 12.1. The van der Waals surface area contributed by atoms with Gasteiger partial charge in [-0.05, 0) is 19.1 Å². The molecule has 0 aliphatic carbocycles. The Labute approximate surface area is 105 Å². The molecule has 0 fully saturated rings. The fourth-order valence-corrected chi connectivity index (χ4v) is 1.71. The molecule has 0 spiro atoms. The molecule has 88 valence electrons. The van der Waals surface area contributed by atoms with Gasteiger partial charge in [0.05, 0.1) is 5.88 Å². The highest BCUT2D eigenvalue weighted by molar-refractivity contribution is 6.17. The minimum atomic E-state index is 0.355. The number of halogens is 1. The Morgan fingerprint density at radius 1 is 1.24 bits per heavy atom. The zero-order valence-electron chi connectivity index (χ0n) is 9.56. The summed E-state index contributed by atoms with van der Waals surface area (Å²) in [6, 6.07) is 7.72. The number of ether oxygens (including phenoxy) is 1. The van der Waals surface area contributed by atoms with E-state index in [1.54, 1.807) is 18.5 Å². The highest BCUT2D eigenvalue weighted by Crippen LogP contribution is 2.22. The van der Waals surface area contributed by atoms with E-state index in [1.807, 2.05) is 25.1 Å². The van der Waals surface area contributed by atoms with Gasteiger partial charge in [0.25, 0.3) is 0 Å². The van der Waals surface area contributed by atoms with Gasteiger partial charge < -0.3 is 4.74 Å². The first kappa shape index (κ1) is 11.9. The molecule has 0 radical (unpaired) electrons. The second-order valence-electron chi connectivity index (χ2n) is 3.70. The second kappa shape index (κ2) is 5.64. The summed E-state index contributed by atoms with van der Waals surface area (Å²) in [7, 11) is 0. The van der Waals surface area contributed by atoms with Gasteiger partial charge in [-0.1, -0.05) is 17.7 Å². The van der Waals surface area contributed by atoms with Crippen molar-refractivity contribution in [3.63, 3.8) is 0 Å². The van der Waals surface area contributed by atoms with Crippen LogP contribution in [0.5, 0.6) is 5.75 Å². The van der Waals surface area contributed by atoms with Crippen molar-refractivity contribution in [2.75, 3.05) is 0 Å². The molecule has 4 heteroatoms. The normalized spacial score (nSPS) is 10.2. The van der Waals surface area contributed by atoms with Gasteiger partial charge in [-0.2, -0.15) is 0 Å². The number of nitrogens with zero attached hydrogens (tertiary/aromatic N) is 2. The summed E-state index contributed by atoms with van der Waals surface area (Å²) >= 11 is 5.87. The first-order chi connectivity index (χ1) is 8.29. The Morgan fingerprint density at radius 3 is 2.71 bits per heavy atom. The van der Waals surface area contributed by atoms with Crippen LogP contribution in [0.25, 0.3) is 0 Å². The van der Waals surface area contributed by atoms with Gasteiger partial charge in [0, 0.05) is 18.0 Å². The maximum atomic E-state index is 5.87. The standard InChI is InChI=1S/C13H13ClN2O/c1-10-3-4-12(11(7-10)8-14)17-9-13-15-5-2-6-16-13/h2-7H,8-9H2,1H3. The number of hydrogen-bond donors (Lipinski definition) is 0. The van der Waals surface area contributed by atoms with E-state index < -0.39 is 0 Å². The first-order valence-electron chi connectivity index (χ1n) is 5.34. The maximum absolute atomic E-state index is 5.87. The van der Waals surface area contributed by atoms with Crippen LogP contribution in [0.1, 0.15) is 17.0 Å². The number of rotatable bonds is 4. The number of aryl methyl sites for hydroxylation is 1. The monoisotopic (exact) mass is 248 g/mol. The molecular weight excluding hydrogens is 236 g/mol. The molecule has 0 aliphatic heterocycles. The third-order valence-corrected chi connectivity index (χ3v) is 2.62. The van der Waals surface area contributed by atoms with Gasteiger partial charge in [-0.3, -0.25) is 0 Å². The molecule has 2 rings (SSSR count). The summed E-state index contributed by atoms with van der Waals surface area (Å²) in [5.41, 5.74) is 2.16. The van der Waals surface area contributed by atoms with Gasteiger partial charge in [-0.15, -0.1) is 11.6 Å². The van der Waals surface area contributed by atoms with Crippen molar-refractivity contribution < 1.29 is 4.74 Å². The second-order valence-corrected chi connectivity index (χ2v) is 3.97. The summed E-state index contributed by atoms with van der Waals surface area (Å²) in [6.07, 6.45) is 3.40. The van der Waals surface area contributed by atoms with Crippen LogP contribution in [0, 0.1) is 6.92 Å². The molecule has 17 heavy (non-hydrogen) atoms. The van der Waals surface area contributed by atoms with Gasteiger partial charge in [0.2, 0.25) is 0 Å². The van der Waals surface area contributed by atoms with Crippen molar-refractivity contribution in [2.45, 2.75) is 19.4 Å². The summed E-state index contributed by atoms with van der Waals surface area (Å²) in [5.74, 6) is 1.89. The minimum Gasteiger partial charge on any atom is -0.485 e. The predicted octanol–water partition coefficient (Wildman–Crippen LogP) is 3.10. The van der Waals surface area contributed by atoms with Crippen LogP contribution in [0.15, 0.2) is 36.7 Å². The molecule has 0 aliphatic rings. The lowest BCUT2D eigenvalue weighted by molar-refractivity contribution is 0.293. The molecule has 0 N–H and O–H groups in total. The number of benzene rings is 1. The third-order valence-electron chi connectivity index (χ3n) is 2.34. The molecular formula is C13H13ClN2O. The van der Waals surface area contributed by atoms with Gasteiger partial charge in [0.1, 0.15) is 12.4 Å². The minimum absolute atomic E-state index is 0.355. The van der Waals surface area contributed by atoms with E-state index >= 15 is 0 Å². The van der Waals surface area contributed by atoms with Crippen molar-refractivity contribution in [3.05, 3.63) is 53.6 Å². The quantitative estimate of drug-likeness (QED) is 0.780. The van der Waals surface area contributed by atoms with E-state index in [2.05, 4.69) is 9.97 Å². The maximum Gasteiger partial charge on any atom is 0.166 e. The summed E-state index contributed by atoms with van der Waals surface area (Å²) in [6.45, 7) is 2.38. The van der Waals surface area contributed by atoms with Crippen LogP contribution in [-0.4, -0.2) is 9.97 Å². The lowest BCUT2D eigenvalue weighted by Crippen LogP contribution is -2.02. The van der Waals surface area contributed by atoms with Crippen LogP contribution >= 0.6 is 11.6 Å². The van der Waals surface area contributed by atoms with Crippen molar-refractivity contribution in [2.24, 2.45) is 0 Å². The predicted molar refractivity (Wildman–Crippen MR) is 67.1 cm³/mol. The highest BCUT2D eigenvalue weighted by atomic mass is 35.5. The molecule has 0 bridgehead atoms. The van der Waals surface area contributed by atoms with Gasteiger partial charge in [-0.25, -0.2) is 9.97 Å². The molecule has 0 saturated carbocycles. The Kier molecular flexibility index (Phi) is 3.94. The van der Waals surface area contributed by atoms with Gasteiger partial charge in [0.15, 0.2) is 5.82 Å². The summed E-state index contributed by atoms with van der Waals surface area (Å²) in [4.78, 5) is 8.20. The molecule has 0 amide bonds. The molecule has 0 saturated heterocycles. The summed E-state index contributed by atoms with van der Waals surface area (Å²) < 4.78 is 5.66. The smallest absolute Gasteiger partial charge is 0.166 e. The van der Waals surface area contributed by atoms with E-state index in [9.17, 15) is 0 Å². The number of hydrogen-bond acceptors (Lipinski definition) is 3. The fraction of sp³-hybridized carbons (Fsp3) is 0.231. The molecule has 1 heterocycles. The summed E-state index contributed by atoms with van der Waals surface area (Å²) in [5, 5.41) is 0. The molecule has 2 aromatic rings.